The minimum Gasteiger partial charge on any atom is -0.317 e. The summed E-state index contributed by atoms with van der Waals surface area (Å²) in [5.74, 6) is 0.571. The fourth-order valence-corrected chi connectivity index (χ4v) is 4.44. The van der Waals surface area contributed by atoms with Gasteiger partial charge in [-0.3, -0.25) is 0 Å². The van der Waals surface area contributed by atoms with E-state index in [2.05, 4.69) is 5.32 Å². The molecule has 1 nitrogen and oxygen atoms in total. The zero-order valence-electron chi connectivity index (χ0n) is 8.27. The Kier molecular flexibility index (Phi) is 3.32. The molecule has 2 fully saturated rings. The van der Waals surface area contributed by atoms with Crippen LogP contribution in [-0.2, 0) is 0 Å². The predicted octanol–water partition coefficient (Wildman–Crippen LogP) is 2.52. The van der Waals surface area contributed by atoms with Crippen molar-refractivity contribution in [2.75, 3.05) is 18.8 Å². The number of thioether (sulfide) groups is 1. The van der Waals surface area contributed by atoms with E-state index in [0.29, 0.717) is 6.42 Å². The second-order valence-electron chi connectivity index (χ2n) is 4.25. The van der Waals surface area contributed by atoms with Gasteiger partial charge in [0, 0.05) is 10.7 Å². The summed E-state index contributed by atoms with van der Waals surface area (Å²) in [5.41, 5.74) is 0. The third-order valence-corrected chi connectivity index (χ3v) is 5.20. The van der Waals surface area contributed by atoms with E-state index in [1.54, 1.807) is 11.8 Å². The van der Waals surface area contributed by atoms with Gasteiger partial charge in [-0.05, 0) is 44.5 Å². The fraction of sp³-hybridized carbons (Fsp3) is 1.00. The first-order valence-corrected chi connectivity index (χ1v) is 6.36. The Morgan fingerprint density at radius 1 is 1.29 bits per heavy atom. The molecule has 0 aromatic heterocycles. The standard InChI is InChI=1S/C10H17F2NS/c11-9(12)8-2-7-14-10(8)3-1-5-13-6-4-10/h8-9,13H,1-7H2. The molecule has 0 amide bonds. The third-order valence-electron chi connectivity index (χ3n) is 3.48. The molecule has 0 aromatic carbocycles. The van der Waals surface area contributed by atoms with Crippen molar-refractivity contribution in [3.8, 4) is 0 Å². The van der Waals surface area contributed by atoms with Gasteiger partial charge in [0.15, 0.2) is 0 Å². The maximum atomic E-state index is 12.9. The van der Waals surface area contributed by atoms with Gasteiger partial charge in [0.1, 0.15) is 0 Å². The minimum atomic E-state index is -2.12. The van der Waals surface area contributed by atoms with Gasteiger partial charge >= 0.3 is 0 Å². The second-order valence-corrected chi connectivity index (χ2v) is 5.76. The smallest absolute Gasteiger partial charge is 0.242 e. The van der Waals surface area contributed by atoms with E-state index >= 15 is 0 Å². The van der Waals surface area contributed by atoms with Crippen molar-refractivity contribution in [3.05, 3.63) is 0 Å². The summed E-state index contributed by atoms with van der Waals surface area (Å²) in [6.07, 6.45) is 1.54. The van der Waals surface area contributed by atoms with Gasteiger partial charge < -0.3 is 5.32 Å². The Bertz CT molecular complexity index is 191. The van der Waals surface area contributed by atoms with Gasteiger partial charge in [-0.25, -0.2) is 8.78 Å². The number of nitrogens with one attached hydrogen (secondary N) is 1. The van der Waals surface area contributed by atoms with Crippen LogP contribution in [0.5, 0.6) is 0 Å². The minimum absolute atomic E-state index is 0.0995. The van der Waals surface area contributed by atoms with Crippen molar-refractivity contribution < 1.29 is 8.78 Å². The van der Waals surface area contributed by atoms with Crippen LogP contribution in [0.3, 0.4) is 0 Å². The first-order chi connectivity index (χ1) is 6.75. The predicted molar refractivity (Wildman–Crippen MR) is 56.0 cm³/mol. The Hall–Kier alpha value is 0.170. The maximum Gasteiger partial charge on any atom is 0.242 e. The van der Waals surface area contributed by atoms with Gasteiger partial charge in [0.2, 0.25) is 6.43 Å². The van der Waals surface area contributed by atoms with Crippen LogP contribution in [0.4, 0.5) is 8.78 Å². The molecule has 2 aliphatic heterocycles. The van der Waals surface area contributed by atoms with Crippen LogP contribution in [0.1, 0.15) is 25.7 Å². The van der Waals surface area contributed by atoms with E-state index in [-0.39, 0.29) is 10.7 Å². The average Bonchev–Trinajstić information content (AvgIpc) is 2.39. The highest BCUT2D eigenvalue weighted by Gasteiger charge is 2.47. The molecule has 2 atom stereocenters. The van der Waals surface area contributed by atoms with E-state index < -0.39 is 6.43 Å². The molecule has 0 saturated carbocycles. The summed E-state index contributed by atoms with van der Waals surface area (Å²) in [5, 5.41) is 3.30. The normalized spacial score (nSPS) is 39.2. The maximum absolute atomic E-state index is 12.9. The molecule has 2 heterocycles. The molecular weight excluding hydrogens is 204 g/mol. The molecule has 2 rings (SSSR count). The van der Waals surface area contributed by atoms with E-state index in [1.165, 1.54) is 0 Å². The lowest BCUT2D eigenvalue weighted by molar-refractivity contribution is 0.0543. The number of alkyl halides is 2. The number of rotatable bonds is 1. The van der Waals surface area contributed by atoms with Crippen molar-refractivity contribution in [3.63, 3.8) is 0 Å². The highest BCUT2D eigenvalue weighted by atomic mass is 32.2. The van der Waals surface area contributed by atoms with Gasteiger partial charge in [0.25, 0.3) is 0 Å². The molecule has 1 spiro atoms. The SMILES string of the molecule is FC(F)C1CCSC12CCCNCC2. The van der Waals surface area contributed by atoms with Crippen LogP contribution >= 0.6 is 11.8 Å². The Balaban J connectivity index is 2.10. The highest BCUT2D eigenvalue weighted by Crippen LogP contribution is 2.51. The lowest BCUT2D eigenvalue weighted by Crippen LogP contribution is -2.35. The zero-order valence-corrected chi connectivity index (χ0v) is 9.09. The molecule has 0 aliphatic carbocycles. The highest BCUT2D eigenvalue weighted by molar-refractivity contribution is 8.00. The molecule has 1 N–H and O–H groups in total. The average molecular weight is 221 g/mol. The van der Waals surface area contributed by atoms with Crippen molar-refractivity contribution >= 4 is 11.8 Å². The molecule has 2 saturated heterocycles. The van der Waals surface area contributed by atoms with E-state index in [9.17, 15) is 8.78 Å². The summed E-state index contributed by atoms with van der Waals surface area (Å²) in [6.45, 7) is 1.91. The summed E-state index contributed by atoms with van der Waals surface area (Å²) in [6, 6.07) is 0. The van der Waals surface area contributed by atoms with Crippen molar-refractivity contribution in [2.24, 2.45) is 5.92 Å². The Morgan fingerprint density at radius 3 is 2.93 bits per heavy atom. The number of halogens is 2. The largest absolute Gasteiger partial charge is 0.317 e. The monoisotopic (exact) mass is 221 g/mol. The van der Waals surface area contributed by atoms with E-state index in [1.807, 2.05) is 0 Å². The molecule has 2 aliphatic rings. The first-order valence-electron chi connectivity index (χ1n) is 5.37. The summed E-state index contributed by atoms with van der Waals surface area (Å²) in [7, 11) is 0. The quantitative estimate of drug-likeness (QED) is 0.730. The Labute approximate surface area is 88.0 Å². The van der Waals surface area contributed by atoms with E-state index in [0.717, 1.165) is 38.1 Å². The lowest BCUT2D eigenvalue weighted by atomic mass is 9.84. The second kappa shape index (κ2) is 4.35. The van der Waals surface area contributed by atoms with Crippen LogP contribution in [0.2, 0.25) is 0 Å². The van der Waals surface area contributed by atoms with Crippen LogP contribution in [0.15, 0.2) is 0 Å². The molecule has 82 valence electrons. The lowest BCUT2D eigenvalue weighted by Gasteiger charge is -2.33. The van der Waals surface area contributed by atoms with Gasteiger partial charge in [-0.2, -0.15) is 11.8 Å². The topological polar surface area (TPSA) is 12.0 Å². The van der Waals surface area contributed by atoms with Crippen LogP contribution in [0.25, 0.3) is 0 Å². The van der Waals surface area contributed by atoms with Crippen LogP contribution < -0.4 is 5.32 Å². The molecule has 14 heavy (non-hydrogen) atoms. The molecule has 4 heteroatoms. The van der Waals surface area contributed by atoms with Crippen molar-refractivity contribution in [2.45, 2.75) is 36.9 Å². The molecular formula is C10H17F2NS. The molecule has 0 bridgehead atoms. The van der Waals surface area contributed by atoms with Crippen molar-refractivity contribution in [1.82, 2.24) is 5.32 Å². The van der Waals surface area contributed by atoms with Gasteiger partial charge in [0.05, 0.1) is 0 Å². The number of hydrogen-bond acceptors (Lipinski definition) is 2. The fourth-order valence-electron chi connectivity index (χ4n) is 2.69. The molecule has 0 radical (unpaired) electrons. The van der Waals surface area contributed by atoms with Crippen LogP contribution in [-0.4, -0.2) is 30.0 Å². The first kappa shape index (κ1) is 10.7. The van der Waals surface area contributed by atoms with E-state index in [4.69, 9.17) is 0 Å². The zero-order chi connectivity index (χ0) is 10.0. The molecule has 0 aromatic rings. The summed E-state index contributed by atoms with van der Waals surface area (Å²) < 4.78 is 25.6. The van der Waals surface area contributed by atoms with Crippen molar-refractivity contribution in [1.29, 1.82) is 0 Å². The van der Waals surface area contributed by atoms with Gasteiger partial charge in [-0.15, -0.1) is 0 Å². The summed E-state index contributed by atoms with van der Waals surface area (Å²) >= 11 is 1.80. The number of hydrogen-bond donors (Lipinski definition) is 1. The Morgan fingerprint density at radius 2 is 2.14 bits per heavy atom. The van der Waals surface area contributed by atoms with Crippen LogP contribution in [0, 0.1) is 5.92 Å². The molecule has 2 unspecified atom stereocenters. The third kappa shape index (κ3) is 1.91. The summed E-state index contributed by atoms with van der Waals surface area (Å²) in [4.78, 5) is 0. The van der Waals surface area contributed by atoms with Gasteiger partial charge in [-0.1, -0.05) is 0 Å².